The third-order valence-corrected chi connectivity index (χ3v) is 2.84. The van der Waals surface area contributed by atoms with Gasteiger partial charge < -0.3 is 15.5 Å². The molecule has 0 bridgehead atoms. The molecule has 3 N–H and O–H groups in total. The Morgan fingerprint density at radius 2 is 2.00 bits per heavy atom. The molecule has 0 rings (SSSR count). The minimum absolute atomic E-state index is 0.0141. The van der Waals surface area contributed by atoms with Crippen LogP contribution in [-0.2, 0) is 4.79 Å². The summed E-state index contributed by atoms with van der Waals surface area (Å²) in [5.74, 6) is -1.27. The van der Waals surface area contributed by atoms with Gasteiger partial charge in [-0.05, 0) is 20.3 Å². The van der Waals surface area contributed by atoms with Gasteiger partial charge in [0.15, 0.2) is 0 Å². The number of rotatable bonds is 6. The predicted molar refractivity (Wildman–Crippen MR) is 55.2 cm³/mol. The van der Waals surface area contributed by atoms with Gasteiger partial charge in [-0.15, -0.1) is 0 Å². The van der Waals surface area contributed by atoms with Crippen LogP contribution in [-0.4, -0.2) is 34.4 Å². The first-order valence-corrected chi connectivity index (χ1v) is 4.97. The van der Waals surface area contributed by atoms with Gasteiger partial charge in [-0.3, -0.25) is 4.79 Å². The number of carboxylic acids is 1. The van der Waals surface area contributed by atoms with Crippen molar-refractivity contribution in [2.45, 2.75) is 45.7 Å². The number of carbonyl (C=O) groups is 1. The van der Waals surface area contributed by atoms with Crippen molar-refractivity contribution >= 4 is 5.97 Å². The Labute approximate surface area is 85.3 Å². The molecule has 0 aromatic heterocycles. The lowest BCUT2D eigenvalue weighted by Gasteiger charge is -2.32. The van der Waals surface area contributed by atoms with Crippen LogP contribution in [0.1, 0.15) is 34.1 Å². The molecular weight excluding hydrogens is 182 g/mol. The van der Waals surface area contributed by atoms with E-state index in [0.29, 0.717) is 0 Å². The molecule has 0 aliphatic carbocycles. The molecule has 4 nitrogen and oxygen atoms in total. The van der Waals surface area contributed by atoms with Gasteiger partial charge in [0, 0.05) is 11.6 Å². The van der Waals surface area contributed by atoms with Crippen molar-refractivity contribution < 1.29 is 15.0 Å². The average Bonchev–Trinajstić information content (AvgIpc) is 2.16. The SMILES string of the molecule is CCC(C)(CO)NC(C)C(C)C(=O)O. The van der Waals surface area contributed by atoms with Crippen molar-refractivity contribution in [3.8, 4) is 0 Å². The molecule has 0 aromatic carbocycles. The summed E-state index contributed by atoms with van der Waals surface area (Å²) >= 11 is 0. The van der Waals surface area contributed by atoms with E-state index in [2.05, 4.69) is 5.32 Å². The molecule has 0 saturated carbocycles. The second-order valence-electron chi connectivity index (χ2n) is 4.13. The van der Waals surface area contributed by atoms with Crippen molar-refractivity contribution in [2.24, 2.45) is 5.92 Å². The smallest absolute Gasteiger partial charge is 0.307 e. The van der Waals surface area contributed by atoms with Gasteiger partial charge >= 0.3 is 5.97 Å². The lowest BCUT2D eigenvalue weighted by molar-refractivity contribution is -0.142. The Bertz CT molecular complexity index is 190. The molecular formula is C10H21NO3. The maximum atomic E-state index is 10.7. The molecule has 3 unspecified atom stereocenters. The molecule has 0 aliphatic rings. The lowest BCUT2D eigenvalue weighted by Crippen LogP contribution is -2.52. The molecule has 0 amide bonds. The van der Waals surface area contributed by atoms with Gasteiger partial charge in [0.2, 0.25) is 0 Å². The van der Waals surface area contributed by atoms with Crippen LogP contribution in [0.15, 0.2) is 0 Å². The van der Waals surface area contributed by atoms with Crippen molar-refractivity contribution in [3.05, 3.63) is 0 Å². The summed E-state index contributed by atoms with van der Waals surface area (Å²) in [5, 5.41) is 21.1. The number of aliphatic carboxylic acids is 1. The highest BCUT2D eigenvalue weighted by Crippen LogP contribution is 2.12. The number of hydrogen-bond acceptors (Lipinski definition) is 3. The normalized spacial score (nSPS) is 19.8. The monoisotopic (exact) mass is 203 g/mol. The van der Waals surface area contributed by atoms with Gasteiger partial charge in [-0.2, -0.15) is 0 Å². The van der Waals surface area contributed by atoms with E-state index in [4.69, 9.17) is 10.2 Å². The second kappa shape index (κ2) is 5.32. The van der Waals surface area contributed by atoms with Crippen molar-refractivity contribution in [1.82, 2.24) is 5.32 Å². The molecule has 0 fully saturated rings. The summed E-state index contributed by atoms with van der Waals surface area (Å²) in [6.45, 7) is 7.34. The zero-order valence-corrected chi connectivity index (χ0v) is 9.37. The minimum atomic E-state index is -0.818. The van der Waals surface area contributed by atoms with Crippen molar-refractivity contribution in [3.63, 3.8) is 0 Å². The maximum Gasteiger partial charge on any atom is 0.307 e. The summed E-state index contributed by atoms with van der Waals surface area (Å²) in [4.78, 5) is 10.7. The van der Waals surface area contributed by atoms with Crippen LogP contribution in [0.5, 0.6) is 0 Å². The Hall–Kier alpha value is -0.610. The van der Waals surface area contributed by atoms with Crippen LogP contribution < -0.4 is 5.32 Å². The quantitative estimate of drug-likeness (QED) is 0.598. The Morgan fingerprint density at radius 3 is 2.29 bits per heavy atom. The largest absolute Gasteiger partial charge is 0.481 e. The summed E-state index contributed by atoms with van der Waals surface area (Å²) in [7, 11) is 0. The summed E-state index contributed by atoms with van der Waals surface area (Å²) in [6, 6.07) is -0.149. The highest BCUT2D eigenvalue weighted by molar-refractivity contribution is 5.70. The zero-order valence-electron chi connectivity index (χ0n) is 9.37. The first kappa shape index (κ1) is 13.4. The highest BCUT2D eigenvalue weighted by atomic mass is 16.4. The van der Waals surface area contributed by atoms with Crippen LogP contribution in [0, 0.1) is 5.92 Å². The van der Waals surface area contributed by atoms with Crippen LogP contribution >= 0.6 is 0 Å². The fourth-order valence-electron chi connectivity index (χ4n) is 1.15. The standard InChI is InChI=1S/C10H21NO3/c1-5-10(4,6-12)11-8(3)7(2)9(13)14/h7-8,11-12H,5-6H2,1-4H3,(H,13,14). The Balaban J connectivity index is 4.29. The molecule has 4 heteroatoms. The second-order valence-corrected chi connectivity index (χ2v) is 4.13. The van der Waals surface area contributed by atoms with Gasteiger partial charge in [-0.1, -0.05) is 13.8 Å². The molecule has 84 valence electrons. The number of nitrogens with one attached hydrogen (secondary N) is 1. The summed E-state index contributed by atoms with van der Waals surface area (Å²) in [5.41, 5.74) is -0.386. The number of carboxylic acid groups (broad SMARTS) is 1. The number of hydrogen-bond donors (Lipinski definition) is 3. The van der Waals surface area contributed by atoms with Crippen molar-refractivity contribution in [1.29, 1.82) is 0 Å². The number of aliphatic hydroxyl groups is 1. The molecule has 0 heterocycles. The predicted octanol–water partition coefficient (Wildman–Crippen LogP) is 0.846. The summed E-state index contributed by atoms with van der Waals surface area (Å²) < 4.78 is 0. The van der Waals surface area contributed by atoms with E-state index in [-0.39, 0.29) is 18.2 Å². The molecule has 0 spiro atoms. The van der Waals surface area contributed by atoms with E-state index >= 15 is 0 Å². The minimum Gasteiger partial charge on any atom is -0.481 e. The highest BCUT2D eigenvalue weighted by Gasteiger charge is 2.27. The molecule has 3 atom stereocenters. The van der Waals surface area contributed by atoms with Gasteiger partial charge in [-0.25, -0.2) is 0 Å². The molecule has 0 saturated heterocycles. The fraction of sp³-hybridized carbons (Fsp3) is 0.900. The first-order chi connectivity index (χ1) is 6.36. The van der Waals surface area contributed by atoms with Crippen LogP contribution in [0.25, 0.3) is 0 Å². The van der Waals surface area contributed by atoms with Gasteiger partial charge in [0.1, 0.15) is 0 Å². The third-order valence-electron chi connectivity index (χ3n) is 2.84. The molecule has 0 aromatic rings. The van der Waals surface area contributed by atoms with E-state index in [1.165, 1.54) is 0 Å². The van der Waals surface area contributed by atoms with Crippen LogP contribution in [0.4, 0.5) is 0 Å². The van der Waals surface area contributed by atoms with Crippen LogP contribution in [0.3, 0.4) is 0 Å². The summed E-state index contributed by atoms with van der Waals surface area (Å²) in [6.07, 6.45) is 0.764. The van der Waals surface area contributed by atoms with Crippen LogP contribution in [0.2, 0.25) is 0 Å². The third kappa shape index (κ3) is 3.64. The van der Waals surface area contributed by atoms with E-state index < -0.39 is 11.9 Å². The fourth-order valence-corrected chi connectivity index (χ4v) is 1.15. The molecule has 14 heavy (non-hydrogen) atoms. The van der Waals surface area contributed by atoms with E-state index in [9.17, 15) is 4.79 Å². The van der Waals surface area contributed by atoms with E-state index in [0.717, 1.165) is 6.42 Å². The maximum absolute atomic E-state index is 10.7. The first-order valence-electron chi connectivity index (χ1n) is 4.97. The Morgan fingerprint density at radius 1 is 1.50 bits per heavy atom. The molecule has 0 radical (unpaired) electrons. The van der Waals surface area contributed by atoms with E-state index in [1.807, 2.05) is 20.8 Å². The zero-order chi connectivity index (χ0) is 11.4. The lowest BCUT2D eigenvalue weighted by atomic mass is 9.95. The van der Waals surface area contributed by atoms with Gasteiger partial charge in [0.25, 0.3) is 0 Å². The topological polar surface area (TPSA) is 69.6 Å². The van der Waals surface area contributed by atoms with Gasteiger partial charge in [0.05, 0.1) is 12.5 Å². The van der Waals surface area contributed by atoms with Crippen molar-refractivity contribution in [2.75, 3.05) is 6.61 Å². The average molecular weight is 203 g/mol. The molecule has 0 aliphatic heterocycles. The van der Waals surface area contributed by atoms with E-state index in [1.54, 1.807) is 6.92 Å². The number of aliphatic hydroxyl groups excluding tert-OH is 1. The Kier molecular flexibility index (Phi) is 5.08.